The highest BCUT2D eigenvalue weighted by atomic mass is 16.6. The molecule has 1 N–H and O–H groups in total. The van der Waals surface area contributed by atoms with Crippen molar-refractivity contribution in [2.45, 2.75) is 26.6 Å². The largest absolute Gasteiger partial charge is 0.465 e. The lowest BCUT2D eigenvalue weighted by Crippen LogP contribution is -2.15. The van der Waals surface area contributed by atoms with Crippen LogP contribution in [0.4, 0.5) is 0 Å². The van der Waals surface area contributed by atoms with Crippen LogP contribution in [0.3, 0.4) is 0 Å². The molecule has 1 atom stereocenters. The van der Waals surface area contributed by atoms with Gasteiger partial charge in [-0.25, -0.2) is 4.79 Å². The third-order valence-electron chi connectivity index (χ3n) is 2.63. The third kappa shape index (κ3) is 2.59. The van der Waals surface area contributed by atoms with Crippen LogP contribution in [0.1, 0.15) is 20.3 Å². The number of nitrogens with zero attached hydrogens (tertiary/aromatic N) is 1. The van der Waals surface area contributed by atoms with Crippen molar-refractivity contribution < 1.29 is 19.4 Å². The van der Waals surface area contributed by atoms with Gasteiger partial charge in [-0.05, 0) is 30.2 Å². The smallest absolute Gasteiger partial charge is 0.340 e. The minimum absolute atomic E-state index is 0.0723. The molecule has 0 aromatic heterocycles. The molecule has 0 amide bonds. The predicted molar refractivity (Wildman–Crippen MR) is 59.8 cm³/mol. The number of methoxy groups -OCH3 is 1. The summed E-state index contributed by atoms with van der Waals surface area (Å²) < 4.78 is 9.60. The van der Waals surface area contributed by atoms with Crippen molar-refractivity contribution in [3.05, 3.63) is 27.3 Å². The molecule has 6 heteroatoms. The van der Waals surface area contributed by atoms with Gasteiger partial charge in [0.2, 0.25) is 0 Å². The van der Waals surface area contributed by atoms with Crippen molar-refractivity contribution in [1.29, 1.82) is 0 Å². The van der Waals surface area contributed by atoms with E-state index in [1.54, 1.807) is 13.8 Å². The van der Waals surface area contributed by atoms with Crippen molar-refractivity contribution >= 4 is 5.97 Å². The molecule has 6 nitrogen and oxygen atoms in total. The van der Waals surface area contributed by atoms with Gasteiger partial charge in [0.1, 0.15) is 5.70 Å². The maximum atomic E-state index is 11.5. The Morgan fingerprint density at radius 3 is 2.71 bits per heavy atom. The van der Waals surface area contributed by atoms with Crippen LogP contribution < -0.4 is 0 Å². The molecular formula is C11H15NO5. The average molecular weight is 241 g/mol. The summed E-state index contributed by atoms with van der Waals surface area (Å²) in [5.74, 6) is -0.629. The SMILES string of the molecule is CCOC(O)C1=C(C)C(C(=O)OC)=C(N=O)C1. The van der Waals surface area contributed by atoms with Gasteiger partial charge >= 0.3 is 5.97 Å². The number of hydrogen-bond donors (Lipinski definition) is 1. The molecule has 0 saturated carbocycles. The van der Waals surface area contributed by atoms with Crippen LogP contribution in [-0.4, -0.2) is 31.1 Å². The molecule has 0 aromatic rings. The molecule has 94 valence electrons. The van der Waals surface area contributed by atoms with Gasteiger partial charge in [-0.1, -0.05) is 0 Å². The quantitative estimate of drug-likeness (QED) is 0.445. The summed E-state index contributed by atoms with van der Waals surface area (Å²) in [5, 5.41) is 12.5. The Labute approximate surface area is 98.9 Å². The Morgan fingerprint density at radius 2 is 2.24 bits per heavy atom. The molecule has 1 rings (SSSR count). The van der Waals surface area contributed by atoms with E-state index in [1.165, 1.54) is 7.11 Å². The molecule has 0 aromatic carbocycles. The number of ether oxygens (including phenoxy) is 2. The standard InChI is InChI=1S/C11H15NO5/c1-4-17-10(13)7-5-8(12-15)9(6(7)2)11(14)16-3/h10,13H,4-5H2,1-3H3. The van der Waals surface area contributed by atoms with Gasteiger partial charge in [0.25, 0.3) is 0 Å². The lowest BCUT2D eigenvalue weighted by molar-refractivity contribution is -0.135. The first-order valence-corrected chi connectivity index (χ1v) is 5.21. The highest BCUT2D eigenvalue weighted by molar-refractivity contribution is 5.95. The number of aliphatic hydroxyl groups is 1. The van der Waals surface area contributed by atoms with Gasteiger partial charge in [-0.15, -0.1) is 4.91 Å². The molecule has 1 aliphatic rings. The van der Waals surface area contributed by atoms with Crippen LogP contribution in [0.25, 0.3) is 0 Å². The molecule has 0 heterocycles. The second-order valence-corrected chi connectivity index (χ2v) is 3.54. The number of carbonyl (C=O) groups excluding carboxylic acids is 1. The van der Waals surface area contributed by atoms with E-state index in [9.17, 15) is 14.8 Å². The minimum atomic E-state index is -1.13. The van der Waals surface area contributed by atoms with E-state index in [4.69, 9.17) is 4.74 Å². The second-order valence-electron chi connectivity index (χ2n) is 3.54. The topological polar surface area (TPSA) is 85.2 Å². The van der Waals surface area contributed by atoms with Crippen LogP contribution >= 0.6 is 0 Å². The Bertz CT molecular complexity index is 397. The van der Waals surface area contributed by atoms with Crippen molar-refractivity contribution in [3.63, 3.8) is 0 Å². The van der Waals surface area contributed by atoms with Crippen molar-refractivity contribution in [1.82, 2.24) is 0 Å². The van der Waals surface area contributed by atoms with Crippen LogP contribution in [0.15, 0.2) is 27.6 Å². The van der Waals surface area contributed by atoms with Crippen molar-refractivity contribution in [2.75, 3.05) is 13.7 Å². The number of aliphatic hydroxyl groups excluding tert-OH is 1. The fraction of sp³-hybridized carbons (Fsp3) is 0.545. The predicted octanol–water partition coefficient (Wildman–Crippen LogP) is 1.26. The second kappa shape index (κ2) is 5.70. The number of rotatable bonds is 5. The molecule has 0 aliphatic heterocycles. The molecule has 17 heavy (non-hydrogen) atoms. The molecule has 1 aliphatic carbocycles. The van der Waals surface area contributed by atoms with Gasteiger partial charge in [0.05, 0.1) is 12.7 Å². The average Bonchev–Trinajstić information content (AvgIpc) is 2.65. The summed E-state index contributed by atoms with van der Waals surface area (Å²) in [6.07, 6.45) is -1.01. The number of hydrogen-bond acceptors (Lipinski definition) is 6. The number of carbonyl (C=O) groups is 1. The fourth-order valence-corrected chi connectivity index (χ4v) is 1.76. The Kier molecular flexibility index (Phi) is 4.53. The maximum absolute atomic E-state index is 11.5. The molecule has 0 radical (unpaired) electrons. The van der Waals surface area contributed by atoms with E-state index in [0.29, 0.717) is 17.8 Å². The molecule has 0 fully saturated rings. The Hall–Kier alpha value is -1.53. The lowest BCUT2D eigenvalue weighted by Gasteiger charge is -2.13. The minimum Gasteiger partial charge on any atom is -0.465 e. The Balaban J connectivity index is 3.05. The number of nitroso groups, excluding NO2 is 1. The van der Waals surface area contributed by atoms with E-state index in [0.717, 1.165) is 0 Å². The van der Waals surface area contributed by atoms with Crippen molar-refractivity contribution in [2.24, 2.45) is 5.18 Å². The fourth-order valence-electron chi connectivity index (χ4n) is 1.76. The molecule has 1 unspecified atom stereocenters. The summed E-state index contributed by atoms with van der Waals surface area (Å²) >= 11 is 0. The van der Waals surface area contributed by atoms with Gasteiger partial charge in [-0.3, -0.25) is 0 Å². The molecule has 0 spiro atoms. The summed E-state index contributed by atoms with van der Waals surface area (Å²) in [4.78, 5) is 22.1. The van der Waals surface area contributed by atoms with E-state index < -0.39 is 12.3 Å². The number of allylic oxidation sites excluding steroid dienone is 1. The molecule has 0 saturated heterocycles. The summed E-state index contributed by atoms with van der Waals surface area (Å²) in [7, 11) is 1.22. The molecular weight excluding hydrogens is 226 g/mol. The van der Waals surface area contributed by atoms with E-state index in [2.05, 4.69) is 9.91 Å². The zero-order valence-corrected chi connectivity index (χ0v) is 10.0. The van der Waals surface area contributed by atoms with Gasteiger partial charge in [-0.2, -0.15) is 0 Å². The van der Waals surface area contributed by atoms with Gasteiger partial charge < -0.3 is 14.6 Å². The maximum Gasteiger partial charge on any atom is 0.340 e. The summed E-state index contributed by atoms with van der Waals surface area (Å²) in [6.45, 7) is 3.69. The number of esters is 1. The van der Waals surface area contributed by atoms with Crippen LogP contribution in [0.5, 0.6) is 0 Å². The van der Waals surface area contributed by atoms with E-state index in [1.807, 2.05) is 0 Å². The first-order chi connectivity index (χ1) is 8.06. The van der Waals surface area contributed by atoms with Crippen molar-refractivity contribution in [3.8, 4) is 0 Å². The first kappa shape index (κ1) is 13.5. The summed E-state index contributed by atoms with van der Waals surface area (Å²) in [5.41, 5.74) is 1.16. The zero-order chi connectivity index (χ0) is 13.0. The highest BCUT2D eigenvalue weighted by Gasteiger charge is 2.31. The summed E-state index contributed by atoms with van der Waals surface area (Å²) in [6, 6.07) is 0. The highest BCUT2D eigenvalue weighted by Crippen LogP contribution is 2.35. The third-order valence-corrected chi connectivity index (χ3v) is 2.63. The van der Waals surface area contributed by atoms with E-state index >= 15 is 0 Å². The first-order valence-electron chi connectivity index (χ1n) is 5.21. The van der Waals surface area contributed by atoms with E-state index in [-0.39, 0.29) is 17.7 Å². The van der Waals surface area contributed by atoms with Gasteiger partial charge in [0, 0.05) is 13.0 Å². The Morgan fingerprint density at radius 1 is 1.59 bits per heavy atom. The normalized spacial score (nSPS) is 17.4. The zero-order valence-electron chi connectivity index (χ0n) is 10.0. The monoisotopic (exact) mass is 241 g/mol. The van der Waals surface area contributed by atoms with Crippen LogP contribution in [0, 0.1) is 4.91 Å². The lowest BCUT2D eigenvalue weighted by atomic mass is 10.1. The molecule has 0 bridgehead atoms. The van der Waals surface area contributed by atoms with Gasteiger partial charge in [0.15, 0.2) is 6.29 Å². The van der Waals surface area contributed by atoms with Crippen LogP contribution in [0.2, 0.25) is 0 Å². The van der Waals surface area contributed by atoms with Crippen LogP contribution in [-0.2, 0) is 14.3 Å².